The summed E-state index contributed by atoms with van der Waals surface area (Å²) in [5.74, 6) is -0.00468. The Morgan fingerprint density at radius 3 is 2.69 bits per heavy atom. The molecule has 0 atom stereocenters. The van der Waals surface area contributed by atoms with Gasteiger partial charge in [-0.25, -0.2) is 0 Å². The number of Topliss-reactive ketones (excluding diaryl/α,β-unsaturated/α-hetero) is 1. The lowest BCUT2D eigenvalue weighted by atomic mass is 10.1. The molecule has 0 amide bonds. The summed E-state index contributed by atoms with van der Waals surface area (Å²) in [5.41, 5.74) is 0.488. The van der Waals surface area contributed by atoms with Gasteiger partial charge in [0.1, 0.15) is 0 Å². The van der Waals surface area contributed by atoms with Crippen LogP contribution in [0.3, 0.4) is 0 Å². The number of rotatable bonds is 3. The first-order chi connectivity index (χ1) is 7.68. The van der Waals surface area contributed by atoms with Gasteiger partial charge in [-0.15, -0.1) is 11.3 Å². The van der Waals surface area contributed by atoms with Crippen molar-refractivity contribution in [1.29, 1.82) is 0 Å². The van der Waals surface area contributed by atoms with Crippen molar-refractivity contribution < 1.29 is 4.79 Å². The SMILES string of the molecule is O=C(Cc1cccs1)c1cccc(Cl)c1Cl. The molecule has 0 spiro atoms. The van der Waals surface area contributed by atoms with E-state index in [1.807, 2.05) is 17.5 Å². The van der Waals surface area contributed by atoms with Crippen LogP contribution in [0.15, 0.2) is 35.7 Å². The van der Waals surface area contributed by atoms with Crippen molar-refractivity contribution in [2.75, 3.05) is 0 Å². The van der Waals surface area contributed by atoms with Crippen molar-refractivity contribution in [3.05, 3.63) is 56.2 Å². The van der Waals surface area contributed by atoms with Gasteiger partial charge in [0, 0.05) is 16.9 Å². The number of hydrogen-bond donors (Lipinski definition) is 0. The van der Waals surface area contributed by atoms with Crippen LogP contribution < -0.4 is 0 Å². The lowest BCUT2D eigenvalue weighted by molar-refractivity contribution is 0.0994. The zero-order chi connectivity index (χ0) is 11.5. The molecule has 0 fully saturated rings. The van der Waals surface area contributed by atoms with Crippen LogP contribution in [0.5, 0.6) is 0 Å². The van der Waals surface area contributed by atoms with E-state index in [-0.39, 0.29) is 5.78 Å². The van der Waals surface area contributed by atoms with E-state index in [9.17, 15) is 4.79 Å². The first-order valence-corrected chi connectivity index (χ1v) is 6.31. The summed E-state index contributed by atoms with van der Waals surface area (Å²) in [4.78, 5) is 13.0. The van der Waals surface area contributed by atoms with Gasteiger partial charge in [0.2, 0.25) is 0 Å². The Bertz CT molecular complexity index is 506. The highest BCUT2D eigenvalue weighted by molar-refractivity contribution is 7.10. The van der Waals surface area contributed by atoms with Gasteiger partial charge in [-0.05, 0) is 23.6 Å². The largest absolute Gasteiger partial charge is 0.294 e. The predicted octanol–water partition coefficient (Wildman–Crippen LogP) is 4.48. The lowest BCUT2D eigenvalue weighted by Gasteiger charge is -2.03. The number of halogens is 2. The topological polar surface area (TPSA) is 17.1 Å². The van der Waals surface area contributed by atoms with Crippen molar-refractivity contribution in [3.8, 4) is 0 Å². The first-order valence-electron chi connectivity index (χ1n) is 4.68. The van der Waals surface area contributed by atoms with E-state index in [0.29, 0.717) is 22.0 Å². The molecule has 0 N–H and O–H groups in total. The van der Waals surface area contributed by atoms with Crippen molar-refractivity contribution in [3.63, 3.8) is 0 Å². The molecule has 1 heterocycles. The lowest BCUT2D eigenvalue weighted by Crippen LogP contribution is -2.03. The molecule has 1 aromatic heterocycles. The van der Waals surface area contributed by atoms with E-state index < -0.39 is 0 Å². The summed E-state index contributed by atoms with van der Waals surface area (Å²) in [6, 6.07) is 8.96. The van der Waals surface area contributed by atoms with Crippen LogP contribution in [0.4, 0.5) is 0 Å². The van der Waals surface area contributed by atoms with Crippen molar-refractivity contribution in [2.45, 2.75) is 6.42 Å². The summed E-state index contributed by atoms with van der Waals surface area (Å²) >= 11 is 13.4. The summed E-state index contributed by atoms with van der Waals surface area (Å²) < 4.78 is 0. The molecule has 0 saturated carbocycles. The van der Waals surface area contributed by atoms with Crippen molar-refractivity contribution in [1.82, 2.24) is 0 Å². The van der Waals surface area contributed by atoms with Crippen LogP contribution >= 0.6 is 34.5 Å². The van der Waals surface area contributed by atoms with E-state index in [2.05, 4.69) is 0 Å². The first kappa shape index (κ1) is 11.6. The quantitative estimate of drug-likeness (QED) is 0.752. The predicted molar refractivity (Wildman–Crippen MR) is 68.8 cm³/mol. The summed E-state index contributed by atoms with van der Waals surface area (Å²) in [6.07, 6.45) is 0.373. The molecule has 0 aliphatic carbocycles. The van der Waals surface area contributed by atoms with Crippen molar-refractivity contribution >= 4 is 40.3 Å². The molecule has 1 nitrogen and oxygen atoms in total. The zero-order valence-corrected chi connectivity index (χ0v) is 10.6. The van der Waals surface area contributed by atoms with Gasteiger partial charge in [0.25, 0.3) is 0 Å². The Balaban J connectivity index is 2.24. The third kappa shape index (κ3) is 2.46. The average molecular weight is 271 g/mol. The minimum absolute atomic E-state index is 0.00468. The maximum absolute atomic E-state index is 11.9. The molecule has 1 aromatic carbocycles. The molecule has 0 unspecified atom stereocenters. The van der Waals surface area contributed by atoms with Gasteiger partial charge in [-0.1, -0.05) is 35.3 Å². The Morgan fingerprint density at radius 2 is 2.00 bits per heavy atom. The molecule has 4 heteroatoms. The van der Waals surface area contributed by atoms with Gasteiger partial charge < -0.3 is 0 Å². The number of ketones is 1. The normalized spacial score (nSPS) is 10.4. The second-order valence-corrected chi connectivity index (χ2v) is 5.10. The Labute approximate surface area is 108 Å². The van der Waals surface area contributed by atoms with Gasteiger partial charge in [0.05, 0.1) is 10.0 Å². The number of carbonyl (C=O) groups is 1. The summed E-state index contributed by atoms with van der Waals surface area (Å²) in [5, 5.41) is 2.70. The second kappa shape index (κ2) is 5.00. The van der Waals surface area contributed by atoms with Crippen LogP contribution in [0, 0.1) is 0 Å². The highest BCUT2D eigenvalue weighted by atomic mass is 35.5. The molecule has 2 rings (SSSR count). The van der Waals surface area contributed by atoms with E-state index in [1.54, 1.807) is 29.5 Å². The number of benzene rings is 1. The molecule has 0 aliphatic heterocycles. The fraction of sp³-hybridized carbons (Fsp3) is 0.0833. The third-order valence-corrected chi connectivity index (χ3v) is 3.86. The van der Waals surface area contributed by atoms with E-state index in [0.717, 1.165) is 4.88 Å². The molecule has 0 aliphatic rings. The Kier molecular flexibility index (Phi) is 3.64. The van der Waals surface area contributed by atoms with E-state index >= 15 is 0 Å². The Hall–Kier alpha value is -0.830. The van der Waals surface area contributed by atoms with E-state index in [4.69, 9.17) is 23.2 Å². The molecule has 0 radical (unpaired) electrons. The minimum Gasteiger partial charge on any atom is -0.294 e. The number of hydrogen-bond acceptors (Lipinski definition) is 2. The molecule has 16 heavy (non-hydrogen) atoms. The number of thiophene rings is 1. The molecular formula is C12H8Cl2OS. The second-order valence-electron chi connectivity index (χ2n) is 3.28. The summed E-state index contributed by atoms with van der Waals surface area (Å²) in [6.45, 7) is 0. The van der Waals surface area contributed by atoms with Gasteiger partial charge >= 0.3 is 0 Å². The smallest absolute Gasteiger partial charge is 0.169 e. The fourth-order valence-electron chi connectivity index (χ4n) is 1.39. The zero-order valence-electron chi connectivity index (χ0n) is 8.24. The maximum Gasteiger partial charge on any atom is 0.169 e. The van der Waals surface area contributed by atoms with E-state index in [1.165, 1.54) is 0 Å². The fourth-order valence-corrected chi connectivity index (χ4v) is 2.50. The van der Waals surface area contributed by atoms with Gasteiger partial charge in [0.15, 0.2) is 5.78 Å². The Morgan fingerprint density at radius 1 is 1.19 bits per heavy atom. The molecule has 0 bridgehead atoms. The van der Waals surface area contributed by atoms with Gasteiger partial charge in [-0.3, -0.25) is 4.79 Å². The van der Waals surface area contributed by atoms with Crippen LogP contribution in [0.1, 0.15) is 15.2 Å². The average Bonchev–Trinajstić information content (AvgIpc) is 2.74. The number of carbonyl (C=O) groups excluding carboxylic acids is 1. The molecular weight excluding hydrogens is 263 g/mol. The molecule has 82 valence electrons. The van der Waals surface area contributed by atoms with Crippen LogP contribution in [-0.4, -0.2) is 5.78 Å². The third-order valence-electron chi connectivity index (χ3n) is 2.17. The monoisotopic (exact) mass is 270 g/mol. The van der Waals surface area contributed by atoms with Crippen LogP contribution in [0.25, 0.3) is 0 Å². The van der Waals surface area contributed by atoms with Gasteiger partial charge in [-0.2, -0.15) is 0 Å². The highest BCUT2D eigenvalue weighted by Gasteiger charge is 2.13. The molecule has 0 saturated heterocycles. The summed E-state index contributed by atoms with van der Waals surface area (Å²) in [7, 11) is 0. The van der Waals surface area contributed by atoms with Crippen LogP contribution in [0.2, 0.25) is 10.0 Å². The minimum atomic E-state index is -0.00468. The standard InChI is InChI=1S/C12H8Cl2OS/c13-10-5-1-4-9(12(10)14)11(15)7-8-3-2-6-16-8/h1-6H,7H2. The van der Waals surface area contributed by atoms with Crippen molar-refractivity contribution in [2.24, 2.45) is 0 Å². The van der Waals surface area contributed by atoms with Crippen LogP contribution in [-0.2, 0) is 6.42 Å². The molecule has 2 aromatic rings. The highest BCUT2D eigenvalue weighted by Crippen LogP contribution is 2.26. The maximum atomic E-state index is 11.9.